The van der Waals surface area contributed by atoms with Crippen LogP contribution in [0.2, 0.25) is 0 Å². The van der Waals surface area contributed by atoms with Crippen LogP contribution in [0.25, 0.3) is 0 Å². The molecular formula is C19H15N3O2. The zero-order valence-corrected chi connectivity index (χ0v) is 13.4. The van der Waals surface area contributed by atoms with Crippen molar-refractivity contribution >= 4 is 23.3 Å². The molecule has 3 aromatic rings. The van der Waals surface area contributed by atoms with Crippen LogP contribution in [-0.4, -0.2) is 15.9 Å². The predicted molar refractivity (Wildman–Crippen MR) is 91.1 cm³/mol. The number of fused-ring (bicyclic) bond motifs is 2. The number of pyridine rings is 2. The first-order valence-corrected chi connectivity index (χ1v) is 7.65. The highest BCUT2D eigenvalue weighted by Gasteiger charge is 2.30. The first kappa shape index (κ1) is 14.4. The number of aryl methyl sites for hydroxylation is 2. The van der Waals surface area contributed by atoms with Gasteiger partial charge in [-0.15, -0.1) is 0 Å². The Balaban J connectivity index is 2.06. The molecule has 0 bridgehead atoms. The van der Waals surface area contributed by atoms with E-state index in [4.69, 9.17) is 4.74 Å². The van der Waals surface area contributed by atoms with Crippen molar-refractivity contribution < 1.29 is 9.53 Å². The van der Waals surface area contributed by atoms with Crippen LogP contribution >= 0.6 is 0 Å². The van der Waals surface area contributed by atoms with Gasteiger partial charge in [0.05, 0.1) is 5.69 Å². The second kappa shape index (κ2) is 5.45. The molecule has 24 heavy (non-hydrogen) atoms. The Morgan fingerprint density at radius 3 is 2.67 bits per heavy atom. The molecule has 0 radical (unpaired) electrons. The normalized spacial score (nSPS) is 12.9. The number of rotatable bonds is 1. The van der Waals surface area contributed by atoms with E-state index in [2.05, 4.69) is 9.97 Å². The summed E-state index contributed by atoms with van der Waals surface area (Å²) in [6.07, 6.45) is 3.42. The zero-order valence-electron chi connectivity index (χ0n) is 13.4. The lowest BCUT2D eigenvalue weighted by atomic mass is 10.1. The zero-order chi connectivity index (χ0) is 16.7. The Hall–Kier alpha value is -3.21. The minimum Gasteiger partial charge on any atom is -0.419 e. The Kier molecular flexibility index (Phi) is 3.27. The van der Waals surface area contributed by atoms with E-state index in [9.17, 15) is 4.79 Å². The maximum Gasteiger partial charge on any atom is 0.347 e. The van der Waals surface area contributed by atoms with Gasteiger partial charge >= 0.3 is 5.97 Å². The first-order chi connectivity index (χ1) is 11.6. The average molecular weight is 317 g/mol. The maximum atomic E-state index is 12.5. The summed E-state index contributed by atoms with van der Waals surface area (Å²) < 4.78 is 5.57. The molecular weight excluding hydrogens is 302 g/mol. The SMILES string of the molecule is Cc1cnc2c(c1)OC(=O)c1cccnc1N2c1ccccc1C. The van der Waals surface area contributed by atoms with Gasteiger partial charge in [0.1, 0.15) is 5.56 Å². The fourth-order valence-electron chi connectivity index (χ4n) is 2.81. The number of hydrogen-bond acceptors (Lipinski definition) is 5. The van der Waals surface area contributed by atoms with Crippen molar-refractivity contribution in [3.05, 3.63) is 71.5 Å². The molecule has 0 atom stereocenters. The number of benzene rings is 1. The van der Waals surface area contributed by atoms with Crippen LogP contribution in [0.1, 0.15) is 21.5 Å². The third-order valence-electron chi connectivity index (χ3n) is 3.96. The summed E-state index contributed by atoms with van der Waals surface area (Å²) in [6.45, 7) is 3.93. The van der Waals surface area contributed by atoms with E-state index >= 15 is 0 Å². The number of esters is 1. The van der Waals surface area contributed by atoms with Crippen molar-refractivity contribution in [2.75, 3.05) is 4.90 Å². The lowest BCUT2D eigenvalue weighted by Gasteiger charge is -2.24. The summed E-state index contributed by atoms with van der Waals surface area (Å²) in [7, 11) is 0. The number of anilines is 3. The van der Waals surface area contributed by atoms with E-state index in [1.54, 1.807) is 24.5 Å². The average Bonchev–Trinajstić information content (AvgIpc) is 2.70. The quantitative estimate of drug-likeness (QED) is 0.633. The molecule has 2 aromatic heterocycles. The third kappa shape index (κ3) is 2.22. The molecule has 5 nitrogen and oxygen atoms in total. The van der Waals surface area contributed by atoms with Crippen LogP contribution in [-0.2, 0) is 0 Å². The predicted octanol–water partition coefficient (Wildman–Crippen LogP) is 4.10. The molecule has 118 valence electrons. The molecule has 1 aromatic carbocycles. The van der Waals surface area contributed by atoms with Gasteiger partial charge in [-0.3, -0.25) is 4.90 Å². The lowest BCUT2D eigenvalue weighted by Crippen LogP contribution is -2.15. The summed E-state index contributed by atoms with van der Waals surface area (Å²) in [5.41, 5.74) is 3.30. The van der Waals surface area contributed by atoms with Crippen molar-refractivity contribution in [2.24, 2.45) is 0 Å². The molecule has 0 fully saturated rings. The van der Waals surface area contributed by atoms with Crippen LogP contribution in [0.3, 0.4) is 0 Å². The number of carbonyl (C=O) groups is 1. The van der Waals surface area contributed by atoms with Crippen molar-refractivity contribution in [2.45, 2.75) is 13.8 Å². The molecule has 0 amide bonds. The summed E-state index contributed by atoms with van der Waals surface area (Å²) in [5, 5.41) is 0. The van der Waals surface area contributed by atoms with Gasteiger partial charge in [-0.1, -0.05) is 18.2 Å². The van der Waals surface area contributed by atoms with Crippen LogP contribution in [0.15, 0.2) is 54.9 Å². The number of aromatic nitrogens is 2. The Morgan fingerprint density at radius 2 is 1.83 bits per heavy atom. The van der Waals surface area contributed by atoms with Crippen LogP contribution < -0.4 is 9.64 Å². The number of carbonyl (C=O) groups excluding carboxylic acids is 1. The van der Waals surface area contributed by atoms with Gasteiger partial charge in [-0.2, -0.15) is 0 Å². The smallest absolute Gasteiger partial charge is 0.347 e. The van der Waals surface area contributed by atoms with Gasteiger partial charge in [0.2, 0.25) is 0 Å². The molecule has 0 saturated carbocycles. The lowest BCUT2D eigenvalue weighted by molar-refractivity contribution is 0.0738. The van der Waals surface area contributed by atoms with E-state index in [1.807, 2.05) is 49.1 Å². The van der Waals surface area contributed by atoms with E-state index in [1.165, 1.54) is 0 Å². The molecule has 0 aliphatic carbocycles. The first-order valence-electron chi connectivity index (χ1n) is 7.65. The van der Waals surface area contributed by atoms with Crippen molar-refractivity contribution in [1.82, 2.24) is 9.97 Å². The summed E-state index contributed by atoms with van der Waals surface area (Å²) in [6, 6.07) is 13.2. The second-order valence-corrected chi connectivity index (χ2v) is 5.72. The Morgan fingerprint density at radius 1 is 1.00 bits per heavy atom. The fraction of sp³-hybridized carbons (Fsp3) is 0.105. The van der Waals surface area contributed by atoms with Crippen LogP contribution in [0, 0.1) is 13.8 Å². The minimum atomic E-state index is -0.428. The molecule has 0 saturated heterocycles. The van der Waals surface area contributed by atoms with E-state index in [-0.39, 0.29) is 0 Å². The second-order valence-electron chi connectivity index (χ2n) is 5.72. The summed E-state index contributed by atoms with van der Waals surface area (Å²) in [4.78, 5) is 23.4. The summed E-state index contributed by atoms with van der Waals surface area (Å²) >= 11 is 0. The number of ether oxygens (including phenoxy) is 1. The Labute approximate surface area is 139 Å². The minimum absolute atomic E-state index is 0.413. The van der Waals surface area contributed by atoms with E-state index in [0.29, 0.717) is 22.9 Å². The highest BCUT2D eigenvalue weighted by molar-refractivity contribution is 6.01. The van der Waals surface area contributed by atoms with Crippen molar-refractivity contribution in [3.63, 3.8) is 0 Å². The van der Waals surface area contributed by atoms with Gasteiger partial charge in [-0.25, -0.2) is 14.8 Å². The monoisotopic (exact) mass is 317 g/mol. The highest BCUT2D eigenvalue weighted by Crippen LogP contribution is 2.43. The largest absolute Gasteiger partial charge is 0.419 e. The van der Waals surface area contributed by atoms with Crippen LogP contribution in [0.5, 0.6) is 5.75 Å². The van der Waals surface area contributed by atoms with E-state index < -0.39 is 5.97 Å². The Bertz CT molecular complexity index is 953. The standard InChI is InChI=1S/C19H15N3O2/c1-12-10-16-18(21-11-12)22(15-8-4-3-6-13(15)2)17-14(19(23)24-16)7-5-9-20-17/h3-11H,1-2H3. The van der Waals surface area contributed by atoms with Gasteiger partial charge in [0, 0.05) is 12.4 Å². The van der Waals surface area contributed by atoms with Crippen molar-refractivity contribution in [1.29, 1.82) is 0 Å². The van der Waals surface area contributed by atoms with Gasteiger partial charge in [0.25, 0.3) is 0 Å². The number of nitrogens with zero attached hydrogens (tertiary/aromatic N) is 3. The number of para-hydroxylation sites is 1. The molecule has 0 unspecified atom stereocenters. The van der Waals surface area contributed by atoms with Gasteiger partial charge < -0.3 is 4.74 Å². The molecule has 1 aliphatic rings. The fourth-order valence-corrected chi connectivity index (χ4v) is 2.81. The van der Waals surface area contributed by atoms with E-state index in [0.717, 1.165) is 16.8 Å². The maximum absolute atomic E-state index is 12.5. The molecule has 5 heteroatoms. The molecule has 0 spiro atoms. The molecule has 1 aliphatic heterocycles. The summed E-state index contributed by atoms with van der Waals surface area (Å²) in [5.74, 6) is 1.08. The molecule has 4 rings (SSSR count). The highest BCUT2D eigenvalue weighted by atomic mass is 16.5. The van der Waals surface area contributed by atoms with Gasteiger partial charge in [0.15, 0.2) is 17.4 Å². The molecule has 3 heterocycles. The molecule has 0 N–H and O–H groups in total. The van der Waals surface area contributed by atoms with Gasteiger partial charge in [-0.05, 0) is 49.2 Å². The topological polar surface area (TPSA) is 55.3 Å². The van der Waals surface area contributed by atoms with Crippen molar-refractivity contribution in [3.8, 4) is 5.75 Å². The number of hydrogen-bond donors (Lipinski definition) is 0. The van der Waals surface area contributed by atoms with Crippen LogP contribution in [0.4, 0.5) is 17.3 Å². The third-order valence-corrected chi connectivity index (χ3v) is 3.96.